The normalized spacial score (nSPS) is 13.8. The van der Waals surface area contributed by atoms with E-state index in [1.54, 1.807) is 60.8 Å². The summed E-state index contributed by atoms with van der Waals surface area (Å²) in [5.74, 6) is -11.8. The summed E-state index contributed by atoms with van der Waals surface area (Å²) in [6, 6.07) is 10.3. The fourth-order valence-electron chi connectivity index (χ4n) is 6.27. The van der Waals surface area contributed by atoms with Gasteiger partial charge in [0.2, 0.25) is 29.5 Å². The van der Waals surface area contributed by atoms with Crippen LogP contribution in [-0.2, 0) is 62.4 Å². The molecule has 4 rings (SSSR count). The highest BCUT2D eigenvalue weighted by Crippen LogP contribution is 2.20. The Bertz CT molecular complexity index is 2280. The maximum absolute atomic E-state index is 14.0. The maximum Gasteiger partial charge on any atom is 0.326 e. The third kappa shape index (κ3) is 14.2. The van der Waals surface area contributed by atoms with E-state index in [9.17, 15) is 63.6 Å². The van der Waals surface area contributed by atoms with E-state index in [1.807, 2.05) is 0 Å². The van der Waals surface area contributed by atoms with E-state index in [0.717, 1.165) is 0 Å². The van der Waals surface area contributed by atoms with Crippen LogP contribution in [0.25, 0.3) is 10.9 Å². The van der Waals surface area contributed by atoms with E-state index in [4.69, 9.17) is 10.8 Å². The number of fused-ring (bicyclic) bond motifs is 1. The molecule has 5 amide bonds. The number of aromatic nitrogens is 1. The number of aliphatic carboxylic acids is 4. The highest BCUT2D eigenvalue weighted by molar-refractivity contribution is 5.99. The van der Waals surface area contributed by atoms with Crippen LogP contribution < -0.4 is 32.3 Å². The number of hydrogen-bond acceptors (Lipinski definition) is 11. The molecule has 13 N–H and O–H groups in total. The molecule has 0 unspecified atom stereocenters. The van der Waals surface area contributed by atoms with Crippen molar-refractivity contribution in [3.05, 3.63) is 102 Å². The minimum absolute atomic E-state index is 0.0750. The molecule has 328 valence electrons. The monoisotopic (exact) mass is 859 g/mol. The Morgan fingerprint density at radius 3 is 1.48 bits per heavy atom. The van der Waals surface area contributed by atoms with Crippen molar-refractivity contribution < 1.29 is 68.7 Å². The molecule has 0 aliphatic carbocycles. The van der Waals surface area contributed by atoms with Crippen LogP contribution in [0.2, 0.25) is 0 Å². The van der Waals surface area contributed by atoms with E-state index < -0.39 is 109 Å². The van der Waals surface area contributed by atoms with Gasteiger partial charge in [0, 0.05) is 36.4 Å². The van der Waals surface area contributed by atoms with Crippen LogP contribution in [0.3, 0.4) is 0 Å². The Balaban J connectivity index is 1.62. The number of nitrogens with two attached hydrogens (primary N) is 1. The largest absolute Gasteiger partial charge is 0.508 e. The molecule has 0 fully saturated rings. The zero-order valence-electron chi connectivity index (χ0n) is 32.8. The van der Waals surface area contributed by atoms with Crippen molar-refractivity contribution in [2.24, 2.45) is 5.73 Å². The SMILES string of the molecule is N[C@@H](CC(=O)O)C(=O)N[C@@H](CC(=O)O)C(=O)N[C@@H](Cc1ccccc1)C(=O)N[C@@H](CC(=O)O)C(=O)N[C@@H](Cc1c[nH]c2ccccc12)C(=O)N[C@@H](Cc1ccc(O)cc1)C(=O)O. The first kappa shape index (κ1) is 46.9. The van der Waals surface area contributed by atoms with Crippen molar-refractivity contribution in [2.45, 2.75) is 74.8 Å². The zero-order valence-corrected chi connectivity index (χ0v) is 32.8. The van der Waals surface area contributed by atoms with Crippen LogP contribution in [-0.4, -0.2) is 120 Å². The number of rotatable bonds is 23. The molecule has 0 radical (unpaired) electrons. The van der Waals surface area contributed by atoms with Gasteiger partial charge in [0.25, 0.3) is 0 Å². The first-order valence-electron chi connectivity index (χ1n) is 18.9. The van der Waals surface area contributed by atoms with Gasteiger partial charge < -0.3 is 62.8 Å². The summed E-state index contributed by atoms with van der Waals surface area (Å²) in [5.41, 5.74) is 7.62. The van der Waals surface area contributed by atoms with Crippen LogP contribution >= 0.6 is 0 Å². The van der Waals surface area contributed by atoms with Gasteiger partial charge >= 0.3 is 23.9 Å². The molecule has 0 bridgehead atoms. The van der Waals surface area contributed by atoms with Gasteiger partial charge in [0.15, 0.2) is 0 Å². The predicted octanol–water partition coefficient (Wildman–Crippen LogP) is -0.839. The number of phenols is 1. The Morgan fingerprint density at radius 1 is 0.500 bits per heavy atom. The number of phenolic OH excluding ortho intramolecular Hbond substituents is 1. The van der Waals surface area contributed by atoms with Gasteiger partial charge in [-0.25, -0.2) is 4.79 Å². The lowest BCUT2D eigenvalue weighted by Crippen LogP contribution is -2.60. The fourth-order valence-corrected chi connectivity index (χ4v) is 6.27. The molecule has 6 atom stereocenters. The summed E-state index contributed by atoms with van der Waals surface area (Å²) < 4.78 is 0. The van der Waals surface area contributed by atoms with E-state index >= 15 is 0 Å². The van der Waals surface area contributed by atoms with Crippen molar-refractivity contribution in [2.75, 3.05) is 0 Å². The molecule has 0 saturated carbocycles. The summed E-state index contributed by atoms with van der Waals surface area (Å²) in [6.07, 6.45) is -2.16. The van der Waals surface area contributed by atoms with Crippen LogP contribution in [0.4, 0.5) is 0 Å². The second kappa shape index (κ2) is 22.0. The van der Waals surface area contributed by atoms with Gasteiger partial charge in [0.1, 0.15) is 36.0 Å². The van der Waals surface area contributed by atoms with Gasteiger partial charge in [0.05, 0.1) is 25.3 Å². The van der Waals surface area contributed by atoms with Crippen LogP contribution in [0.15, 0.2) is 85.1 Å². The van der Waals surface area contributed by atoms with Crippen molar-refractivity contribution in [3.8, 4) is 5.75 Å². The molecule has 0 aliphatic heterocycles. The summed E-state index contributed by atoms with van der Waals surface area (Å²) in [5, 5.41) is 60.1. The molecule has 3 aromatic carbocycles. The molecule has 21 nitrogen and oxygen atoms in total. The lowest BCUT2D eigenvalue weighted by molar-refractivity contribution is -0.143. The van der Waals surface area contributed by atoms with E-state index in [2.05, 4.69) is 31.6 Å². The Morgan fingerprint density at radius 2 is 0.935 bits per heavy atom. The number of aromatic hydroxyl groups is 1. The molecule has 0 saturated heterocycles. The molecule has 1 aromatic heterocycles. The number of carboxylic acid groups (broad SMARTS) is 4. The quantitative estimate of drug-likeness (QED) is 0.0433. The van der Waals surface area contributed by atoms with E-state index in [0.29, 0.717) is 27.6 Å². The number of carbonyl (C=O) groups is 9. The minimum Gasteiger partial charge on any atom is -0.508 e. The molecular weight excluding hydrogens is 814 g/mol. The summed E-state index contributed by atoms with van der Waals surface area (Å²) in [7, 11) is 0. The molecule has 0 aliphatic rings. The second-order valence-electron chi connectivity index (χ2n) is 14.2. The average molecular weight is 860 g/mol. The molecule has 62 heavy (non-hydrogen) atoms. The Labute approximate surface area is 352 Å². The van der Waals surface area contributed by atoms with Crippen molar-refractivity contribution in [1.29, 1.82) is 0 Å². The number of para-hydroxylation sites is 1. The number of nitrogens with one attached hydrogen (secondary N) is 6. The fraction of sp³-hybridized carbons (Fsp3) is 0.293. The van der Waals surface area contributed by atoms with Gasteiger partial charge in [-0.3, -0.25) is 38.4 Å². The molecular formula is C41H45N7O14. The van der Waals surface area contributed by atoms with Crippen LogP contribution in [0, 0.1) is 0 Å². The van der Waals surface area contributed by atoms with E-state index in [-0.39, 0.29) is 25.0 Å². The summed E-state index contributed by atoms with van der Waals surface area (Å²) in [6.45, 7) is 0. The molecule has 21 heteroatoms. The number of H-pyrrole nitrogens is 1. The lowest BCUT2D eigenvalue weighted by atomic mass is 10.0. The van der Waals surface area contributed by atoms with Gasteiger partial charge in [-0.1, -0.05) is 60.7 Å². The van der Waals surface area contributed by atoms with Gasteiger partial charge in [-0.15, -0.1) is 0 Å². The average Bonchev–Trinajstić information content (AvgIpc) is 3.62. The molecule has 1 heterocycles. The second-order valence-corrected chi connectivity index (χ2v) is 14.2. The highest BCUT2D eigenvalue weighted by Gasteiger charge is 2.35. The molecule has 0 spiro atoms. The minimum atomic E-state index is -1.93. The first-order valence-corrected chi connectivity index (χ1v) is 18.9. The standard InChI is InChI=1S/C41H45N7O14/c42-26(17-33(50)51)36(56)44-30(18-34(52)53)39(59)45-28(14-21-6-2-1-3-7-21)37(57)47-31(19-35(54)55)40(60)46-29(16-23-20-43-27-9-5-4-8-25(23)27)38(58)48-32(41(61)62)15-22-10-12-24(49)13-11-22/h1-13,20,26,28-32,43,49H,14-19,42H2,(H,44,56)(H,45,59)(H,46,60)(H,47,57)(H,48,58)(H,50,51)(H,52,53)(H,54,55)(H,61,62)/t26-,28-,29-,30-,31-,32-/m0/s1. The van der Waals surface area contributed by atoms with Crippen molar-refractivity contribution >= 4 is 64.3 Å². The third-order valence-corrected chi connectivity index (χ3v) is 9.39. The lowest BCUT2D eigenvalue weighted by Gasteiger charge is -2.26. The Hall–Kier alpha value is -7.81. The smallest absolute Gasteiger partial charge is 0.326 e. The van der Waals surface area contributed by atoms with Crippen LogP contribution in [0.5, 0.6) is 5.75 Å². The zero-order chi connectivity index (χ0) is 45.5. The maximum atomic E-state index is 14.0. The highest BCUT2D eigenvalue weighted by atomic mass is 16.4. The predicted molar refractivity (Wildman–Crippen MR) is 216 cm³/mol. The van der Waals surface area contributed by atoms with Gasteiger partial charge in [-0.05, 0) is 34.9 Å². The number of amides is 5. The third-order valence-electron chi connectivity index (χ3n) is 9.39. The number of benzene rings is 3. The van der Waals surface area contributed by atoms with Crippen molar-refractivity contribution in [1.82, 2.24) is 31.6 Å². The number of aromatic amines is 1. The summed E-state index contributed by atoms with van der Waals surface area (Å²) >= 11 is 0. The number of hydrogen-bond donors (Lipinski definition) is 12. The molecule has 4 aromatic rings. The van der Waals surface area contributed by atoms with Crippen LogP contribution in [0.1, 0.15) is 36.0 Å². The first-order chi connectivity index (χ1) is 29.4. The number of carboxylic acids is 4. The number of carbonyl (C=O) groups excluding carboxylic acids is 5. The topological polar surface area (TPSA) is 357 Å². The summed E-state index contributed by atoms with van der Waals surface area (Å²) in [4.78, 5) is 118. The van der Waals surface area contributed by atoms with E-state index in [1.165, 1.54) is 24.3 Å². The van der Waals surface area contributed by atoms with Crippen molar-refractivity contribution in [3.63, 3.8) is 0 Å². The van der Waals surface area contributed by atoms with Gasteiger partial charge in [-0.2, -0.15) is 0 Å². The Kier molecular flexibility index (Phi) is 16.6.